The van der Waals surface area contributed by atoms with Crippen LogP contribution in [0.4, 0.5) is 4.79 Å². The average Bonchev–Trinajstić information content (AvgIpc) is 2.50. The first kappa shape index (κ1) is 13.6. The summed E-state index contributed by atoms with van der Waals surface area (Å²) in [6, 6.07) is 0.197. The minimum Gasteiger partial charge on any atom is -0.444 e. The van der Waals surface area contributed by atoms with E-state index in [4.69, 9.17) is 4.74 Å². The van der Waals surface area contributed by atoms with Gasteiger partial charge in [0, 0.05) is 25.0 Å². The fourth-order valence-electron chi connectivity index (χ4n) is 1.75. The third-order valence-corrected chi connectivity index (χ3v) is 3.18. The van der Waals surface area contributed by atoms with Gasteiger partial charge in [-0.1, -0.05) is 0 Å². The third-order valence-electron chi connectivity index (χ3n) is 2.42. The number of carbonyl (C=O) groups is 1. The van der Waals surface area contributed by atoms with Crippen molar-refractivity contribution in [3.05, 3.63) is 0 Å². The van der Waals surface area contributed by atoms with Crippen LogP contribution < -0.4 is 10.6 Å². The molecule has 1 amide bonds. The maximum absolute atomic E-state index is 11.6. The maximum atomic E-state index is 11.6. The molecule has 1 aliphatic heterocycles. The molecule has 2 N–H and O–H groups in total. The zero-order chi connectivity index (χ0) is 12.2. The average molecular weight is 246 g/mol. The van der Waals surface area contributed by atoms with Crippen LogP contribution in [-0.4, -0.2) is 42.8 Å². The number of rotatable bonds is 3. The maximum Gasteiger partial charge on any atom is 0.407 e. The lowest BCUT2D eigenvalue weighted by Crippen LogP contribution is -2.43. The number of amides is 1. The number of nitrogens with one attached hydrogen (secondary N) is 2. The largest absolute Gasteiger partial charge is 0.444 e. The van der Waals surface area contributed by atoms with Crippen molar-refractivity contribution in [3.8, 4) is 0 Å². The van der Waals surface area contributed by atoms with Crippen LogP contribution in [0.15, 0.2) is 0 Å². The monoisotopic (exact) mass is 246 g/mol. The van der Waals surface area contributed by atoms with E-state index in [9.17, 15) is 4.79 Å². The van der Waals surface area contributed by atoms with Gasteiger partial charge < -0.3 is 15.4 Å². The number of hydrogen-bond donors (Lipinski definition) is 2. The van der Waals surface area contributed by atoms with Gasteiger partial charge in [-0.25, -0.2) is 4.79 Å². The summed E-state index contributed by atoms with van der Waals surface area (Å²) in [6.07, 6.45) is 1.77. The molecule has 0 saturated carbocycles. The van der Waals surface area contributed by atoms with E-state index in [0.717, 1.165) is 18.8 Å². The lowest BCUT2D eigenvalue weighted by molar-refractivity contribution is 0.0500. The van der Waals surface area contributed by atoms with Crippen LogP contribution in [-0.2, 0) is 4.74 Å². The molecular formula is C11H22N2O2S. The van der Waals surface area contributed by atoms with E-state index in [-0.39, 0.29) is 12.1 Å². The summed E-state index contributed by atoms with van der Waals surface area (Å²) < 4.78 is 5.24. The molecular weight excluding hydrogens is 224 g/mol. The molecule has 0 aromatic heterocycles. The number of hydrogen-bond acceptors (Lipinski definition) is 4. The minimum absolute atomic E-state index is 0.197. The molecule has 1 saturated heterocycles. The summed E-state index contributed by atoms with van der Waals surface area (Å²) in [4.78, 5) is 11.6. The number of thioether (sulfide) groups is 1. The second-order valence-corrected chi connectivity index (χ2v) is 6.04. The van der Waals surface area contributed by atoms with Crippen molar-refractivity contribution >= 4 is 17.9 Å². The first-order valence-electron chi connectivity index (χ1n) is 5.61. The van der Waals surface area contributed by atoms with Crippen molar-refractivity contribution in [1.29, 1.82) is 0 Å². The molecule has 2 atom stereocenters. The summed E-state index contributed by atoms with van der Waals surface area (Å²) in [5.41, 5.74) is -0.425. The molecule has 0 radical (unpaired) electrons. The highest BCUT2D eigenvalue weighted by atomic mass is 32.2. The molecule has 0 aromatic carbocycles. The van der Waals surface area contributed by atoms with E-state index in [0.29, 0.717) is 5.92 Å². The summed E-state index contributed by atoms with van der Waals surface area (Å²) >= 11 is 1.81. The Morgan fingerprint density at radius 1 is 1.50 bits per heavy atom. The van der Waals surface area contributed by atoms with Crippen LogP contribution >= 0.6 is 11.8 Å². The molecule has 5 heteroatoms. The summed E-state index contributed by atoms with van der Waals surface area (Å²) in [5, 5.41) is 6.23. The van der Waals surface area contributed by atoms with Crippen LogP contribution in [0.25, 0.3) is 0 Å². The van der Waals surface area contributed by atoms with Gasteiger partial charge in [-0.15, -0.1) is 0 Å². The van der Waals surface area contributed by atoms with Crippen molar-refractivity contribution < 1.29 is 9.53 Å². The minimum atomic E-state index is -0.425. The molecule has 4 nitrogen and oxygen atoms in total. The normalized spacial score (nSPS) is 25.5. The number of ether oxygens (including phenoxy) is 1. The predicted octanol–water partition coefficient (Wildman–Crippen LogP) is 1.46. The highest BCUT2D eigenvalue weighted by molar-refractivity contribution is 7.98. The molecule has 0 aliphatic carbocycles. The summed E-state index contributed by atoms with van der Waals surface area (Å²) in [6.45, 7) is 7.43. The Labute approximate surface area is 102 Å². The fraction of sp³-hybridized carbons (Fsp3) is 0.909. The van der Waals surface area contributed by atoms with Gasteiger partial charge in [0.25, 0.3) is 0 Å². The first-order valence-corrected chi connectivity index (χ1v) is 7.01. The SMILES string of the molecule is CSCC1CNCC1NC(=O)OC(C)(C)C. The molecule has 1 rings (SSSR count). The van der Waals surface area contributed by atoms with E-state index in [2.05, 4.69) is 16.9 Å². The Balaban J connectivity index is 2.38. The molecule has 2 unspecified atom stereocenters. The van der Waals surface area contributed by atoms with E-state index < -0.39 is 5.60 Å². The quantitative estimate of drug-likeness (QED) is 0.791. The van der Waals surface area contributed by atoms with Crippen LogP contribution in [0.5, 0.6) is 0 Å². The van der Waals surface area contributed by atoms with Gasteiger partial charge in [-0.2, -0.15) is 11.8 Å². The molecule has 0 spiro atoms. The lowest BCUT2D eigenvalue weighted by Gasteiger charge is -2.23. The van der Waals surface area contributed by atoms with Crippen LogP contribution in [0.3, 0.4) is 0 Å². The second-order valence-electron chi connectivity index (χ2n) is 5.13. The molecule has 0 aromatic rings. The Hall–Kier alpha value is -0.420. The molecule has 1 aliphatic rings. The first-order chi connectivity index (χ1) is 7.42. The van der Waals surface area contributed by atoms with Gasteiger partial charge in [-0.3, -0.25) is 0 Å². The zero-order valence-electron chi connectivity index (χ0n) is 10.5. The van der Waals surface area contributed by atoms with Crippen molar-refractivity contribution in [2.45, 2.75) is 32.4 Å². The molecule has 16 heavy (non-hydrogen) atoms. The standard InChI is InChI=1S/C11H22N2O2S/c1-11(2,3)15-10(14)13-9-6-12-5-8(9)7-16-4/h8-9,12H,5-7H2,1-4H3,(H,13,14). The van der Waals surface area contributed by atoms with Gasteiger partial charge in [0.1, 0.15) is 5.60 Å². The fourth-order valence-corrected chi connectivity index (χ4v) is 2.53. The summed E-state index contributed by atoms with van der Waals surface area (Å²) in [7, 11) is 0. The Kier molecular flexibility index (Phi) is 4.92. The van der Waals surface area contributed by atoms with Crippen molar-refractivity contribution in [1.82, 2.24) is 10.6 Å². The third kappa shape index (κ3) is 4.61. The molecule has 94 valence electrons. The van der Waals surface area contributed by atoms with Crippen LogP contribution in [0.2, 0.25) is 0 Å². The smallest absolute Gasteiger partial charge is 0.407 e. The second kappa shape index (κ2) is 5.77. The van der Waals surface area contributed by atoms with Crippen LogP contribution in [0.1, 0.15) is 20.8 Å². The zero-order valence-corrected chi connectivity index (χ0v) is 11.3. The van der Waals surface area contributed by atoms with Crippen LogP contribution in [0, 0.1) is 5.92 Å². The Morgan fingerprint density at radius 2 is 2.19 bits per heavy atom. The Morgan fingerprint density at radius 3 is 2.75 bits per heavy atom. The predicted molar refractivity (Wildman–Crippen MR) is 67.9 cm³/mol. The van der Waals surface area contributed by atoms with Gasteiger partial charge in [0.05, 0.1) is 0 Å². The highest BCUT2D eigenvalue weighted by Crippen LogP contribution is 2.15. The van der Waals surface area contributed by atoms with Gasteiger partial charge in [0.15, 0.2) is 0 Å². The van der Waals surface area contributed by atoms with E-state index in [1.807, 2.05) is 32.5 Å². The highest BCUT2D eigenvalue weighted by Gasteiger charge is 2.29. The number of carbonyl (C=O) groups excluding carboxylic acids is 1. The Bertz CT molecular complexity index is 241. The van der Waals surface area contributed by atoms with Gasteiger partial charge in [0.2, 0.25) is 0 Å². The van der Waals surface area contributed by atoms with Crippen molar-refractivity contribution in [3.63, 3.8) is 0 Å². The summed E-state index contributed by atoms with van der Waals surface area (Å²) in [5.74, 6) is 1.57. The molecule has 1 heterocycles. The van der Waals surface area contributed by atoms with E-state index in [1.54, 1.807) is 0 Å². The van der Waals surface area contributed by atoms with Crippen molar-refractivity contribution in [2.75, 3.05) is 25.1 Å². The topological polar surface area (TPSA) is 50.4 Å². The molecule has 0 bridgehead atoms. The van der Waals surface area contributed by atoms with E-state index >= 15 is 0 Å². The van der Waals surface area contributed by atoms with Gasteiger partial charge in [-0.05, 0) is 32.8 Å². The van der Waals surface area contributed by atoms with Crippen molar-refractivity contribution in [2.24, 2.45) is 5.92 Å². The molecule has 1 fully saturated rings. The lowest BCUT2D eigenvalue weighted by atomic mass is 10.1. The van der Waals surface area contributed by atoms with E-state index in [1.165, 1.54) is 0 Å². The number of alkyl carbamates (subject to hydrolysis) is 1. The van der Waals surface area contributed by atoms with Gasteiger partial charge >= 0.3 is 6.09 Å².